The standard InChI is InChI=1S/C17H11ClF3N5O/c18-10-3-6-15(27-16(20)21)12(7-10)14-8-13(9-1-4-11(19)5-2-9)22-17-23-24-25-26(14)17/h1-8,14,16H,(H,22,23,25)/t14-/m1/s1. The van der Waals surface area contributed by atoms with Crippen molar-refractivity contribution in [3.63, 3.8) is 0 Å². The lowest BCUT2D eigenvalue weighted by molar-refractivity contribution is -0.0506. The Morgan fingerprint density at radius 1 is 1.15 bits per heavy atom. The number of benzene rings is 2. The first-order chi connectivity index (χ1) is 13.0. The zero-order chi connectivity index (χ0) is 19.0. The van der Waals surface area contributed by atoms with Gasteiger partial charge in [0.2, 0.25) is 5.95 Å². The van der Waals surface area contributed by atoms with Gasteiger partial charge < -0.3 is 10.1 Å². The van der Waals surface area contributed by atoms with Gasteiger partial charge in [0.05, 0.1) is 0 Å². The highest BCUT2D eigenvalue weighted by atomic mass is 35.5. The van der Waals surface area contributed by atoms with Crippen LogP contribution in [0.25, 0.3) is 5.70 Å². The van der Waals surface area contributed by atoms with E-state index >= 15 is 0 Å². The second-order valence-electron chi connectivity index (χ2n) is 5.66. The van der Waals surface area contributed by atoms with Gasteiger partial charge in [0.15, 0.2) is 0 Å². The molecule has 10 heteroatoms. The Bertz CT molecular complexity index is 1010. The Labute approximate surface area is 156 Å². The van der Waals surface area contributed by atoms with Crippen molar-refractivity contribution in [2.45, 2.75) is 12.7 Å². The maximum absolute atomic E-state index is 13.2. The van der Waals surface area contributed by atoms with Crippen LogP contribution in [0.1, 0.15) is 17.2 Å². The van der Waals surface area contributed by atoms with Crippen molar-refractivity contribution < 1.29 is 17.9 Å². The summed E-state index contributed by atoms with van der Waals surface area (Å²) in [4.78, 5) is 0. The molecule has 0 unspecified atom stereocenters. The molecule has 1 aliphatic heterocycles. The van der Waals surface area contributed by atoms with Gasteiger partial charge in [0.25, 0.3) is 0 Å². The zero-order valence-electron chi connectivity index (χ0n) is 13.5. The normalized spacial score (nSPS) is 15.9. The molecule has 2 heterocycles. The molecule has 1 aliphatic rings. The third kappa shape index (κ3) is 3.45. The van der Waals surface area contributed by atoms with Gasteiger partial charge in [-0.3, -0.25) is 0 Å². The Kier molecular flexibility index (Phi) is 4.44. The molecule has 0 radical (unpaired) electrons. The molecule has 1 atom stereocenters. The van der Waals surface area contributed by atoms with Gasteiger partial charge in [-0.15, -0.1) is 0 Å². The first kappa shape index (κ1) is 17.3. The Morgan fingerprint density at radius 2 is 1.93 bits per heavy atom. The summed E-state index contributed by atoms with van der Waals surface area (Å²) in [5.41, 5.74) is 1.62. The summed E-state index contributed by atoms with van der Waals surface area (Å²) in [6.45, 7) is -3.00. The number of rotatable bonds is 4. The number of hydrogen-bond acceptors (Lipinski definition) is 5. The molecule has 2 aromatic carbocycles. The molecule has 0 spiro atoms. The van der Waals surface area contributed by atoms with Gasteiger partial charge in [0, 0.05) is 16.3 Å². The van der Waals surface area contributed by atoms with Crippen LogP contribution in [-0.2, 0) is 0 Å². The summed E-state index contributed by atoms with van der Waals surface area (Å²) in [5.74, 6) is -0.124. The predicted molar refractivity (Wildman–Crippen MR) is 92.0 cm³/mol. The van der Waals surface area contributed by atoms with Gasteiger partial charge in [-0.1, -0.05) is 16.7 Å². The molecule has 27 heavy (non-hydrogen) atoms. The number of nitrogens with one attached hydrogen (secondary N) is 1. The van der Waals surface area contributed by atoms with Crippen LogP contribution in [0.15, 0.2) is 48.5 Å². The lowest BCUT2D eigenvalue weighted by atomic mass is 10.0. The highest BCUT2D eigenvalue weighted by Crippen LogP contribution is 2.37. The van der Waals surface area contributed by atoms with E-state index < -0.39 is 12.7 Å². The SMILES string of the molecule is Fc1ccc(C2=C[C@H](c3cc(Cl)ccc3OC(F)F)n3nnnc3N2)cc1. The second-order valence-corrected chi connectivity index (χ2v) is 6.10. The first-order valence-corrected chi connectivity index (χ1v) is 8.16. The van der Waals surface area contributed by atoms with E-state index in [1.165, 1.54) is 35.0 Å². The Balaban J connectivity index is 1.83. The number of nitrogens with zero attached hydrogens (tertiary/aromatic N) is 4. The number of halogens is 4. The lowest BCUT2D eigenvalue weighted by Crippen LogP contribution is -2.21. The van der Waals surface area contributed by atoms with Crippen molar-refractivity contribution in [2.75, 3.05) is 5.32 Å². The van der Waals surface area contributed by atoms with E-state index in [1.807, 2.05) is 0 Å². The van der Waals surface area contributed by atoms with Crippen molar-refractivity contribution in [2.24, 2.45) is 0 Å². The molecule has 0 bridgehead atoms. The summed E-state index contributed by atoms with van der Waals surface area (Å²) < 4.78 is 44.9. The minimum Gasteiger partial charge on any atom is -0.434 e. The maximum atomic E-state index is 13.2. The summed E-state index contributed by atoms with van der Waals surface area (Å²) in [6.07, 6.45) is 1.72. The van der Waals surface area contributed by atoms with E-state index in [1.54, 1.807) is 18.2 Å². The number of anilines is 1. The summed E-state index contributed by atoms with van der Waals surface area (Å²) >= 11 is 6.06. The van der Waals surface area contributed by atoms with E-state index in [2.05, 4.69) is 25.6 Å². The molecule has 1 N–H and O–H groups in total. The van der Waals surface area contributed by atoms with Crippen LogP contribution < -0.4 is 10.1 Å². The van der Waals surface area contributed by atoms with Crippen LogP contribution >= 0.6 is 11.6 Å². The van der Waals surface area contributed by atoms with E-state index in [4.69, 9.17) is 11.6 Å². The predicted octanol–water partition coefficient (Wildman–Crippen LogP) is 4.12. The van der Waals surface area contributed by atoms with Gasteiger partial charge in [-0.2, -0.15) is 13.5 Å². The average molecular weight is 394 g/mol. The minimum absolute atomic E-state index is 0.0440. The maximum Gasteiger partial charge on any atom is 0.387 e. The molecule has 0 saturated heterocycles. The highest BCUT2D eigenvalue weighted by Gasteiger charge is 2.27. The molecule has 0 aliphatic carbocycles. The molecular formula is C17H11ClF3N5O. The first-order valence-electron chi connectivity index (χ1n) is 7.78. The van der Waals surface area contributed by atoms with Gasteiger partial charge in [0.1, 0.15) is 17.6 Å². The Hall–Kier alpha value is -3.07. The van der Waals surface area contributed by atoms with Gasteiger partial charge in [-0.25, -0.2) is 4.39 Å². The van der Waals surface area contributed by atoms with Crippen molar-refractivity contribution in [1.82, 2.24) is 20.2 Å². The third-order valence-corrected chi connectivity index (χ3v) is 4.22. The largest absolute Gasteiger partial charge is 0.434 e. The van der Waals surface area contributed by atoms with Crippen LogP contribution in [0, 0.1) is 5.82 Å². The molecule has 1 aromatic heterocycles. The molecule has 3 aromatic rings. The quantitative estimate of drug-likeness (QED) is 0.722. The Morgan fingerprint density at radius 3 is 2.67 bits per heavy atom. The van der Waals surface area contributed by atoms with Crippen LogP contribution in [0.3, 0.4) is 0 Å². The van der Waals surface area contributed by atoms with E-state index in [0.717, 1.165) is 0 Å². The number of allylic oxidation sites excluding steroid dienone is 1. The lowest BCUT2D eigenvalue weighted by Gasteiger charge is -2.25. The number of aromatic nitrogens is 4. The molecular weight excluding hydrogens is 383 g/mol. The fourth-order valence-corrected chi connectivity index (χ4v) is 3.01. The summed E-state index contributed by atoms with van der Waals surface area (Å²) in [7, 11) is 0. The van der Waals surface area contributed by atoms with Crippen molar-refractivity contribution in [1.29, 1.82) is 0 Å². The van der Waals surface area contributed by atoms with Crippen LogP contribution in [0.5, 0.6) is 5.75 Å². The molecule has 4 rings (SSSR count). The highest BCUT2D eigenvalue weighted by molar-refractivity contribution is 6.30. The minimum atomic E-state index is -3.00. The number of hydrogen-bond donors (Lipinski definition) is 1. The van der Waals surface area contributed by atoms with Gasteiger partial charge in [-0.05, 0) is 64.5 Å². The smallest absolute Gasteiger partial charge is 0.387 e. The van der Waals surface area contributed by atoms with Crippen LogP contribution in [0.2, 0.25) is 5.02 Å². The van der Waals surface area contributed by atoms with E-state index in [9.17, 15) is 13.2 Å². The molecule has 0 amide bonds. The molecule has 138 valence electrons. The van der Waals surface area contributed by atoms with Crippen molar-refractivity contribution >= 4 is 23.2 Å². The van der Waals surface area contributed by atoms with Crippen molar-refractivity contribution in [3.05, 3.63) is 70.5 Å². The second kappa shape index (κ2) is 6.92. The monoisotopic (exact) mass is 393 g/mol. The fourth-order valence-electron chi connectivity index (χ4n) is 2.83. The molecule has 0 saturated carbocycles. The number of alkyl halides is 2. The van der Waals surface area contributed by atoms with E-state index in [-0.39, 0.29) is 11.6 Å². The number of fused-ring (bicyclic) bond motifs is 1. The number of ether oxygens (including phenoxy) is 1. The topological polar surface area (TPSA) is 64.9 Å². The average Bonchev–Trinajstić information content (AvgIpc) is 3.11. The zero-order valence-corrected chi connectivity index (χ0v) is 14.2. The fraction of sp³-hybridized carbons (Fsp3) is 0.118. The summed E-state index contributed by atoms with van der Waals surface area (Å²) in [6, 6.07) is 9.46. The van der Waals surface area contributed by atoms with Gasteiger partial charge >= 0.3 is 6.61 Å². The van der Waals surface area contributed by atoms with Crippen LogP contribution in [0.4, 0.5) is 19.1 Å². The summed E-state index contributed by atoms with van der Waals surface area (Å²) in [5, 5.41) is 14.8. The van der Waals surface area contributed by atoms with E-state index in [0.29, 0.717) is 27.8 Å². The third-order valence-electron chi connectivity index (χ3n) is 3.99. The van der Waals surface area contributed by atoms with Crippen LogP contribution in [-0.4, -0.2) is 26.8 Å². The molecule has 0 fully saturated rings. The number of tetrazole rings is 1. The van der Waals surface area contributed by atoms with Crippen molar-refractivity contribution in [3.8, 4) is 5.75 Å². The molecule has 6 nitrogen and oxygen atoms in total.